The number of carbonyl (C=O) groups excluding carboxylic acids is 1. The van der Waals surface area contributed by atoms with Gasteiger partial charge in [-0.3, -0.25) is 4.79 Å². The van der Waals surface area contributed by atoms with Crippen LogP contribution in [0.1, 0.15) is 15.9 Å². The van der Waals surface area contributed by atoms with E-state index in [1.165, 1.54) is 18.9 Å². The molecule has 1 fully saturated rings. The maximum atomic E-state index is 12.4. The van der Waals surface area contributed by atoms with Gasteiger partial charge in [-0.25, -0.2) is 0 Å². The second kappa shape index (κ2) is 8.19. The molecule has 2 aromatic carbocycles. The molecular formula is C20H20ClNO3. The molecule has 1 heterocycles. The Morgan fingerprint density at radius 3 is 2.56 bits per heavy atom. The van der Waals surface area contributed by atoms with Crippen molar-refractivity contribution in [1.29, 1.82) is 0 Å². The zero-order chi connectivity index (χ0) is 17.6. The zero-order valence-electron chi connectivity index (χ0n) is 14.1. The second-order valence-electron chi connectivity index (χ2n) is 5.73. The van der Waals surface area contributed by atoms with Gasteiger partial charge in [0, 0.05) is 23.8 Å². The number of methoxy groups -OCH3 is 1. The van der Waals surface area contributed by atoms with E-state index in [1.54, 1.807) is 24.3 Å². The average molecular weight is 358 g/mol. The van der Waals surface area contributed by atoms with Gasteiger partial charge < -0.3 is 14.4 Å². The number of rotatable bonds is 5. The Balaban J connectivity index is 1.71. The molecule has 0 aliphatic carbocycles. The van der Waals surface area contributed by atoms with Gasteiger partial charge in [-0.2, -0.15) is 0 Å². The van der Waals surface area contributed by atoms with E-state index in [0.29, 0.717) is 16.3 Å². The minimum Gasteiger partial charge on any atom is -0.496 e. The van der Waals surface area contributed by atoms with E-state index in [-0.39, 0.29) is 5.78 Å². The average Bonchev–Trinajstić information content (AvgIpc) is 2.67. The van der Waals surface area contributed by atoms with E-state index in [2.05, 4.69) is 17.0 Å². The number of allylic oxidation sites excluding steroid dienone is 1. The summed E-state index contributed by atoms with van der Waals surface area (Å²) in [5.41, 5.74) is 2.59. The van der Waals surface area contributed by atoms with E-state index in [4.69, 9.17) is 21.1 Å². The minimum atomic E-state index is -0.142. The largest absolute Gasteiger partial charge is 0.496 e. The van der Waals surface area contributed by atoms with Crippen molar-refractivity contribution in [3.05, 3.63) is 64.7 Å². The third-order valence-electron chi connectivity index (χ3n) is 4.12. The number of carbonyl (C=O) groups is 1. The number of benzene rings is 2. The highest BCUT2D eigenvalue weighted by molar-refractivity contribution is 6.31. The molecule has 2 aromatic rings. The van der Waals surface area contributed by atoms with Gasteiger partial charge in [0.15, 0.2) is 5.78 Å². The van der Waals surface area contributed by atoms with Gasteiger partial charge in [0.25, 0.3) is 0 Å². The Morgan fingerprint density at radius 2 is 1.88 bits per heavy atom. The lowest BCUT2D eigenvalue weighted by atomic mass is 10.1. The molecule has 0 saturated carbocycles. The highest BCUT2D eigenvalue weighted by Crippen LogP contribution is 2.24. The van der Waals surface area contributed by atoms with Gasteiger partial charge in [0.1, 0.15) is 5.75 Å². The first-order valence-corrected chi connectivity index (χ1v) is 8.54. The lowest BCUT2D eigenvalue weighted by Gasteiger charge is -2.28. The molecule has 0 atom stereocenters. The van der Waals surface area contributed by atoms with Crippen molar-refractivity contribution >= 4 is 29.1 Å². The quantitative estimate of drug-likeness (QED) is 0.597. The van der Waals surface area contributed by atoms with E-state index < -0.39 is 0 Å². The molecule has 5 heteroatoms. The van der Waals surface area contributed by atoms with Gasteiger partial charge in [-0.05, 0) is 42.0 Å². The predicted molar refractivity (Wildman–Crippen MR) is 101 cm³/mol. The molecule has 0 spiro atoms. The number of nitrogens with zero attached hydrogens (tertiary/aromatic N) is 1. The first-order chi connectivity index (χ1) is 12.2. The summed E-state index contributed by atoms with van der Waals surface area (Å²) in [4.78, 5) is 14.7. The van der Waals surface area contributed by atoms with Crippen LogP contribution < -0.4 is 9.64 Å². The lowest BCUT2D eigenvalue weighted by molar-refractivity contribution is 0.104. The van der Waals surface area contributed by atoms with Crippen molar-refractivity contribution in [2.75, 3.05) is 38.3 Å². The summed E-state index contributed by atoms with van der Waals surface area (Å²) in [6.45, 7) is 3.33. The second-order valence-corrected chi connectivity index (χ2v) is 6.17. The number of hydrogen-bond donors (Lipinski definition) is 0. The number of morpholine rings is 1. The molecule has 25 heavy (non-hydrogen) atoms. The van der Waals surface area contributed by atoms with Crippen LogP contribution in [0.4, 0.5) is 5.69 Å². The monoisotopic (exact) mass is 357 g/mol. The van der Waals surface area contributed by atoms with Gasteiger partial charge in [-0.15, -0.1) is 0 Å². The summed E-state index contributed by atoms with van der Waals surface area (Å²) in [5, 5.41) is 0.507. The molecule has 4 nitrogen and oxygen atoms in total. The molecule has 0 unspecified atom stereocenters. The Morgan fingerprint density at radius 1 is 1.16 bits per heavy atom. The number of ketones is 1. The molecule has 0 amide bonds. The van der Waals surface area contributed by atoms with Crippen LogP contribution in [-0.2, 0) is 4.74 Å². The maximum Gasteiger partial charge on any atom is 0.189 e. The maximum absolute atomic E-state index is 12.4. The van der Waals surface area contributed by atoms with Crippen molar-refractivity contribution in [3.8, 4) is 5.75 Å². The van der Waals surface area contributed by atoms with Crippen LogP contribution in [0.15, 0.2) is 48.5 Å². The topological polar surface area (TPSA) is 38.8 Å². The molecule has 0 bridgehead atoms. The molecule has 3 rings (SSSR count). The SMILES string of the molecule is COc1ccc(Cl)cc1C(=O)/C=C/c1ccc(N2CCOCC2)cc1. The smallest absolute Gasteiger partial charge is 0.189 e. The fraction of sp³-hybridized carbons (Fsp3) is 0.250. The zero-order valence-corrected chi connectivity index (χ0v) is 14.8. The molecule has 1 saturated heterocycles. The Hall–Kier alpha value is -2.30. The van der Waals surface area contributed by atoms with Crippen molar-refractivity contribution in [1.82, 2.24) is 0 Å². The number of halogens is 1. The third kappa shape index (κ3) is 4.41. The number of ether oxygens (including phenoxy) is 2. The van der Waals surface area contributed by atoms with E-state index in [1.807, 2.05) is 12.1 Å². The van der Waals surface area contributed by atoms with Crippen LogP contribution in [0.3, 0.4) is 0 Å². The summed E-state index contributed by atoms with van der Waals surface area (Å²) >= 11 is 5.98. The van der Waals surface area contributed by atoms with Crippen molar-refractivity contribution < 1.29 is 14.3 Å². The van der Waals surface area contributed by atoms with Crippen LogP contribution in [0.5, 0.6) is 5.75 Å². The van der Waals surface area contributed by atoms with E-state index in [9.17, 15) is 4.79 Å². The normalized spacial score (nSPS) is 14.7. The first kappa shape index (κ1) is 17.5. The minimum absolute atomic E-state index is 0.142. The fourth-order valence-electron chi connectivity index (χ4n) is 2.75. The molecule has 0 radical (unpaired) electrons. The summed E-state index contributed by atoms with van der Waals surface area (Å²) in [5.74, 6) is 0.373. The number of anilines is 1. The van der Waals surface area contributed by atoms with Gasteiger partial charge in [0.2, 0.25) is 0 Å². The van der Waals surface area contributed by atoms with Crippen molar-refractivity contribution in [2.24, 2.45) is 0 Å². The van der Waals surface area contributed by atoms with E-state index in [0.717, 1.165) is 31.9 Å². The van der Waals surface area contributed by atoms with Gasteiger partial charge in [0.05, 0.1) is 25.9 Å². The number of hydrogen-bond acceptors (Lipinski definition) is 4. The lowest BCUT2D eigenvalue weighted by Crippen LogP contribution is -2.36. The Kier molecular flexibility index (Phi) is 5.74. The summed E-state index contributed by atoms with van der Waals surface area (Å²) in [6, 6.07) is 13.2. The van der Waals surface area contributed by atoms with Crippen molar-refractivity contribution in [2.45, 2.75) is 0 Å². The summed E-state index contributed by atoms with van der Waals surface area (Å²) in [7, 11) is 1.54. The first-order valence-electron chi connectivity index (χ1n) is 8.16. The molecular weight excluding hydrogens is 338 g/mol. The highest BCUT2D eigenvalue weighted by Gasteiger charge is 2.11. The fourth-order valence-corrected chi connectivity index (χ4v) is 2.92. The van der Waals surface area contributed by atoms with Crippen LogP contribution in [-0.4, -0.2) is 39.2 Å². The van der Waals surface area contributed by atoms with Crippen LogP contribution in [0, 0.1) is 0 Å². The van der Waals surface area contributed by atoms with Crippen LogP contribution >= 0.6 is 11.6 Å². The molecule has 130 valence electrons. The Labute approximate surface area is 152 Å². The third-order valence-corrected chi connectivity index (χ3v) is 4.36. The highest BCUT2D eigenvalue weighted by atomic mass is 35.5. The molecule has 1 aliphatic heterocycles. The molecule has 0 aromatic heterocycles. The van der Waals surface area contributed by atoms with Crippen LogP contribution in [0.2, 0.25) is 5.02 Å². The molecule has 0 N–H and O–H groups in total. The standard InChI is InChI=1S/C20H20ClNO3/c1-24-20-9-5-16(21)14-18(20)19(23)8-4-15-2-6-17(7-3-15)22-10-12-25-13-11-22/h2-9,14H,10-13H2,1H3/b8-4+. The Bertz CT molecular complexity index is 765. The predicted octanol–water partition coefficient (Wildman–Crippen LogP) is 4.08. The summed E-state index contributed by atoms with van der Waals surface area (Å²) in [6.07, 6.45) is 3.34. The van der Waals surface area contributed by atoms with E-state index >= 15 is 0 Å². The van der Waals surface area contributed by atoms with Gasteiger partial charge in [-0.1, -0.05) is 29.8 Å². The summed E-state index contributed by atoms with van der Waals surface area (Å²) < 4.78 is 10.6. The molecule has 1 aliphatic rings. The van der Waals surface area contributed by atoms with Gasteiger partial charge >= 0.3 is 0 Å². The van der Waals surface area contributed by atoms with Crippen LogP contribution in [0.25, 0.3) is 6.08 Å². The van der Waals surface area contributed by atoms with Crippen molar-refractivity contribution in [3.63, 3.8) is 0 Å².